The zero-order valence-electron chi connectivity index (χ0n) is 16.0. The van der Waals surface area contributed by atoms with Gasteiger partial charge in [-0.25, -0.2) is 4.79 Å². The number of carbonyl (C=O) groups excluding carboxylic acids is 2. The highest BCUT2D eigenvalue weighted by atomic mass is 16.5. The molecule has 0 bridgehead atoms. The topological polar surface area (TPSA) is 107 Å². The number of rotatable bonds is 9. The van der Waals surface area contributed by atoms with Crippen LogP contribution in [0.25, 0.3) is 6.08 Å². The van der Waals surface area contributed by atoms with E-state index in [1.807, 2.05) is 6.07 Å². The quantitative estimate of drug-likeness (QED) is 0.513. The van der Waals surface area contributed by atoms with Crippen LogP contribution in [0.4, 0.5) is 5.69 Å². The second-order valence-electron chi connectivity index (χ2n) is 5.55. The van der Waals surface area contributed by atoms with Crippen LogP contribution >= 0.6 is 0 Å². The highest BCUT2D eigenvalue weighted by molar-refractivity contribution is 5.95. The van der Waals surface area contributed by atoms with Crippen LogP contribution in [0.2, 0.25) is 0 Å². The fourth-order valence-corrected chi connectivity index (χ4v) is 2.30. The van der Waals surface area contributed by atoms with E-state index in [0.29, 0.717) is 28.5 Å². The van der Waals surface area contributed by atoms with E-state index < -0.39 is 18.5 Å². The number of nitriles is 1. The molecule has 0 unspecified atom stereocenters. The number of nitrogens with zero attached hydrogens (tertiary/aromatic N) is 1. The number of amides is 1. The maximum Gasteiger partial charge on any atom is 0.331 e. The molecule has 2 rings (SSSR count). The largest absolute Gasteiger partial charge is 0.495 e. The average molecular weight is 396 g/mol. The Labute approximate surface area is 168 Å². The molecule has 8 nitrogen and oxygen atoms in total. The molecule has 0 spiro atoms. The molecule has 1 amide bonds. The van der Waals surface area contributed by atoms with Gasteiger partial charge in [0.05, 0.1) is 19.9 Å². The molecule has 0 aliphatic carbocycles. The molecule has 0 aromatic heterocycles. The van der Waals surface area contributed by atoms with Crippen LogP contribution in [0.1, 0.15) is 5.56 Å². The van der Waals surface area contributed by atoms with E-state index in [-0.39, 0.29) is 6.61 Å². The molecule has 0 saturated heterocycles. The van der Waals surface area contributed by atoms with E-state index in [2.05, 4.69) is 5.32 Å². The number of para-hydroxylation sites is 2. The Kier molecular flexibility index (Phi) is 8.08. The third-order valence-electron chi connectivity index (χ3n) is 3.62. The molecular weight excluding hydrogens is 376 g/mol. The second kappa shape index (κ2) is 11.0. The lowest BCUT2D eigenvalue weighted by molar-refractivity contribution is -0.142. The van der Waals surface area contributed by atoms with Crippen LogP contribution in [0.15, 0.2) is 48.5 Å². The van der Waals surface area contributed by atoms with Crippen molar-refractivity contribution in [3.8, 4) is 23.3 Å². The van der Waals surface area contributed by atoms with Gasteiger partial charge in [-0.1, -0.05) is 18.2 Å². The van der Waals surface area contributed by atoms with E-state index in [4.69, 9.17) is 24.2 Å². The van der Waals surface area contributed by atoms with E-state index in [1.54, 1.807) is 42.5 Å². The van der Waals surface area contributed by atoms with Crippen molar-refractivity contribution in [1.82, 2.24) is 0 Å². The minimum atomic E-state index is -0.677. The molecule has 2 aromatic carbocycles. The molecule has 0 atom stereocenters. The van der Waals surface area contributed by atoms with Gasteiger partial charge in [-0.2, -0.15) is 5.26 Å². The molecule has 0 radical (unpaired) electrons. The summed E-state index contributed by atoms with van der Waals surface area (Å²) in [5, 5.41) is 11.2. The summed E-state index contributed by atoms with van der Waals surface area (Å²) in [5.74, 6) is 0.179. The lowest BCUT2D eigenvalue weighted by Crippen LogP contribution is -2.20. The lowest BCUT2D eigenvalue weighted by atomic mass is 10.2. The number of methoxy groups -OCH3 is 2. The summed E-state index contributed by atoms with van der Waals surface area (Å²) in [4.78, 5) is 23.8. The minimum absolute atomic E-state index is 0.102. The number of anilines is 1. The second-order valence-corrected chi connectivity index (χ2v) is 5.55. The molecule has 0 heterocycles. The van der Waals surface area contributed by atoms with Crippen molar-refractivity contribution in [3.05, 3.63) is 54.1 Å². The monoisotopic (exact) mass is 396 g/mol. The van der Waals surface area contributed by atoms with E-state index >= 15 is 0 Å². The van der Waals surface area contributed by atoms with Crippen LogP contribution in [-0.2, 0) is 14.3 Å². The lowest BCUT2D eigenvalue weighted by Gasteiger charge is -2.09. The third kappa shape index (κ3) is 6.59. The first-order valence-electron chi connectivity index (χ1n) is 8.53. The number of carbonyl (C=O) groups is 2. The predicted molar refractivity (Wildman–Crippen MR) is 106 cm³/mol. The van der Waals surface area contributed by atoms with Gasteiger partial charge >= 0.3 is 5.97 Å². The van der Waals surface area contributed by atoms with Gasteiger partial charge in [-0.15, -0.1) is 0 Å². The third-order valence-corrected chi connectivity index (χ3v) is 3.62. The van der Waals surface area contributed by atoms with Gasteiger partial charge in [0.1, 0.15) is 11.8 Å². The SMILES string of the molecule is COc1ccccc1NC(=O)COC(=O)/C=C/c1ccc(OCC#N)c(OC)c1. The molecule has 0 aliphatic rings. The standard InChI is InChI=1S/C21H20N2O6/c1-26-17-6-4-3-5-16(17)23-20(24)14-29-21(25)10-8-15-7-9-18(28-12-11-22)19(13-15)27-2/h3-10,13H,12,14H2,1-2H3,(H,23,24)/b10-8+. The summed E-state index contributed by atoms with van der Waals surface area (Å²) in [6.07, 6.45) is 2.71. The van der Waals surface area contributed by atoms with Crippen LogP contribution in [0.5, 0.6) is 17.2 Å². The molecular formula is C21H20N2O6. The predicted octanol–water partition coefficient (Wildman–Crippen LogP) is 2.80. The first-order chi connectivity index (χ1) is 14.1. The normalized spacial score (nSPS) is 10.1. The van der Waals surface area contributed by atoms with Crippen LogP contribution < -0.4 is 19.5 Å². The first-order valence-corrected chi connectivity index (χ1v) is 8.53. The molecule has 0 saturated carbocycles. The van der Waals surface area contributed by atoms with E-state index in [9.17, 15) is 9.59 Å². The highest BCUT2D eigenvalue weighted by Gasteiger charge is 2.09. The Morgan fingerprint density at radius 1 is 1.07 bits per heavy atom. The van der Waals surface area contributed by atoms with Gasteiger partial charge < -0.3 is 24.3 Å². The van der Waals surface area contributed by atoms with E-state index in [0.717, 1.165) is 0 Å². The highest BCUT2D eigenvalue weighted by Crippen LogP contribution is 2.28. The summed E-state index contributed by atoms with van der Waals surface area (Å²) in [6.45, 7) is -0.541. The summed E-state index contributed by atoms with van der Waals surface area (Å²) in [5.41, 5.74) is 1.14. The van der Waals surface area contributed by atoms with Gasteiger partial charge in [0.15, 0.2) is 24.7 Å². The average Bonchev–Trinajstić information content (AvgIpc) is 2.75. The molecule has 0 fully saturated rings. The van der Waals surface area contributed by atoms with Gasteiger partial charge in [-0.3, -0.25) is 4.79 Å². The molecule has 1 N–H and O–H groups in total. The van der Waals surface area contributed by atoms with Crippen molar-refractivity contribution < 1.29 is 28.5 Å². The van der Waals surface area contributed by atoms with Crippen molar-refractivity contribution in [1.29, 1.82) is 5.26 Å². The number of benzene rings is 2. The van der Waals surface area contributed by atoms with Gasteiger partial charge in [0.25, 0.3) is 5.91 Å². The maximum atomic E-state index is 11.9. The Bertz CT molecular complexity index is 933. The zero-order valence-corrected chi connectivity index (χ0v) is 16.0. The van der Waals surface area contributed by atoms with Crippen LogP contribution in [0.3, 0.4) is 0 Å². The Morgan fingerprint density at radius 3 is 2.55 bits per heavy atom. The molecule has 8 heteroatoms. The van der Waals surface area contributed by atoms with E-state index in [1.165, 1.54) is 26.4 Å². The fraction of sp³-hybridized carbons (Fsp3) is 0.190. The van der Waals surface area contributed by atoms with Crippen molar-refractivity contribution >= 4 is 23.6 Å². The molecule has 29 heavy (non-hydrogen) atoms. The molecule has 2 aromatic rings. The Morgan fingerprint density at radius 2 is 1.83 bits per heavy atom. The molecule has 150 valence electrons. The number of hydrogen-bond acceptors (Lipinski definition) is 7. The summed E-state index contributed by atoms with van der Waals surface area (Å²) in [6, 6.07) is 13.7. The maximum absolute atomic E-state index is 11.9. The number of nitrogens with one attached hydrogen (secondary N) is 1. The summed E-state index contributed by atoms with van der Waals surface area (Å²) in [7, 11) is 2.96. The number of ether oxygens (including phenoxy) is 4. The Balaban J connectivity index is 1.89. The first kappa shape index (κ1) is 21.3. The van der Waals surface area contributed by atoms with Crippen molar-refractivity contribution in [2.24, 2.45) is 0 Å². The van der Waals surface area contributed by atoms with Gasteiger partial charge in [0, 0.05) is 6.08 Å². The Hall–Kier alpha value is -3.99. The van der Waals surface area contributed by atoms with Crippen LogP contribution in [-0.4, -0.2) is 39.3 Å². The zero-order chi connectivity index (χ0) is 21.1. The number of hydrogen-bond donors (Lipinski definition) is 1. The van der Waals surface area contributed by atoms with Crippen molar-refractivity contribution in [2.45, 2.75) is 0 Å². The summed E-state index contributed by atoms with van der Waals surface area (Å²) < 4.78 is 20.5. The van der Waals surface area contributed by atoms with Crippen molar-refractivity contribution in [2.75, 3.05) is 32.8 Å². The van der Waals surface area contributed by atoms with Gasteiger partial charge in [-0.05, 0) is 35.9 Å². The molecule has 0 aliphatic heterocycles. The fourth-order valence-electron chi connectivity index (χ4n) is 2.30. The van der Waals surface area contributed by atoms with Crippen LogP contribution in [0, 0.1) is 11.3 Å². The summed E-state index contributed by atoms with van der Waals surface area (Å²) >= 11 is 0. The minimum Gasteiger partial charge on any atom is -0.495 e. The smallest absolute Gasteiger partial charge is 0.331 e. The number of esters is 1. The van der Waals surface area contributed by atoms with Crippen molar-refractivity contribution in [3.63, 3.8) is 0 Å². The van der Waals surface area contributed by atoms with Gasteiger partial charge in [0.2, 0.25) is 0 Å².